The molecule has 0 radical (unpaired) electrons. The van der Waals surface area contributed by atoms with Gasteiger partial charge in [0.1, 0.15) is 0 Å². The minimum absolute atomic E-state index is 0.899. The molecule has 2 nitrogen and oxygen atoms in total. The third-order valence-corrected chi connectivity index (χ3v) is 3.98. The van der Waals surface area contributed by atoms with Crippen molar-refractivity contribution in [3.8, 4) is 0 Å². The van der Waals surface area contributed by atoms with Crippen LogP contribution in [0.25, 0.3) is 0 Å². The van der Waals surface area contributed by atoms with Crippen molar-refractivity contribution in [2.24, 2.45) is 16.8 Å². The molecule has 0 aromatic heterocycles. The number of hydrogen-bond acceptors (Lipinski definition) is 2. The maximum Gasteiger partial charge on any atom is 0.0963 e. The van der Waals surface area contributed by atoms with Crippen LogP contribution in [0.1, 0.15) is 51.9 Å². The lowest BCUT2D eigenvalue weighted by molar-refractivity contribution is 0.414. The molecule has 1 aliphatic heterocycles. The molecule has 2 atom stereocenters. The number of nitrogens with one attached hydrogen (secondary N) is 1. The van der Waals surface area contributed by atoms with E-state index in [4.69, 9.17) is 0 Å². The number of amidine groups is 1. The molecule has 86 valence electrons. The largest absolute Gasteiger partial charge is 0.374 e. The highest BCUT2D eigenvalue weighted by Gasteiger charge is 2.23. The van der Waals surface area contributed by atoms with E-state index in [1.165, 1.54) is 57.3 Å². The summed E-state index contributed by atoms with van der Waals surface area (Å²) in [5.41, 5.74) is 0. The van der Waals surface area contributed by atoms with Gasteiger partial charge in [0.05, 0.1) is 5.84 Å². The van der Waals surface area contributed by atoms with E-state index in [-0.39, 0.29) is 0 Å². The smallest absolute Gasteiger partial charge is 0.0963 e. The Balaban J connectivity index is 1.74. The van der Waals surface area contributed by atoms with Crippen LogP contribution in [0.5, 0.6) is 0 Å². The lowest BCUT2D eigenvalue weighted by Gasteiger charge is -2.17. The average Bonchev–Trinajstić information content (AvgIpc) is 2.53. The molecule has 0 spiro atoms. The van der Waals surface area contributed by atoms with Gasteiger partial charge in [-0.3, -0.25) is 4.99 Å². The van der Waals surface area contributed by atoms with E-state index in [1.807, 2.05) is 0 Å². The fourth-order valence-corrected chi connectivity index (χ4v) is 2.79. The Morgan fingerprint density at radius 1 is 1.20 bits per heavy atom. The van der Waals surface area contributed by atoms with E-state index >= 15 is 0 Å². The molecule has 0 bridgehead atoms. The van der Waals surface area contributed by atoms with Gasteiger partial charge in [-0.25, -0.2) is 0 Å². The molecule has 0 amide bonds. The van der Waals surface area contributed by atoms with Crippen molar-refractivity contribution in [3.05, 3.63) is 0 Å². The molecule has 2 aliphatic rings. The van der Waals surface area contributed by atoms with Gasteiger partial charge in [-0.15, -0.1) is 0 Å². The zero-order valence-electron chi connectivity index (χ0n) is 9.97. The first-order valence-corrected chi connectivity index (χ1v) is 6.63. The number of nitrogens with zero attached hydrogens (tertiary/aromatic N) is 1. The molecule has 1 fully saturated rings. The second kappa shape index (κ2) is 5.53. The normalized spacial score (nSPS) is 32.2. The fourth-order valence-electron chi connectivity index (χ4n) is 2.79. The topological polar surface area (TPSA) is 24.4 Å². The average molecular weight is 208 g/mol. The van der Waals surface area contributed by atoms with Crippen molar-refractivity contribution in [1.82, 2.24) is 5.32 Å². The zero-order chi connectivity index (χ0) is 10.5. The van der Waals surface area contributed by atoms with Gasteiger partial charge in [-0.1, -0.05) is 26.2 Å². The van der Waals surface area contributed by atoms with Crippen LogP contribution in [0, 0.1) is 11.8 Å². The highest BCUT2D eigenvalue weighted by molar-refractivity contribution is 5.82. The van der Waals surface area contributed by atoms with Gasteiger partial charge < -0.3 is 5.32 Å². The lowest BCUT2D eigenvalue weighted by Crippen LogP contribution is -2.30. The molecule has 0 aromatic carbocycles. The Kier molecular flexibility index (Phi) is 4.04. The van der Waals surface area contributed by atoms with Crippen LogP contribution in [0.3, 0.4) is 0 Å². The molecular formula is C13H24N2. The van der Waals surface area contributed by atoms with Crippen LogP contribution >= 0.6 is 0 Å². The van der Waals surface area contributed by atoms with E-state index in [2.05, 4.69) is 17.2 Å². The SMILES string of the molecule is CC1CCCC1CNC1=NCCCCC1. The monoisotopic (exact) mass is 208 g/mol. The lowest BCUT2D eigenvalue weighted by atomic mass is 9.98. The van der Waals surface area contributed by atoms with Gasteiger partial charge in [0, 0.05) is 19.5 Å². The van der Waals surface area contributed by atoms with Crippen LogP contribution in [0.4, 0.5) is 0 Å². The van der Waals surface area contributed by atoms with Crippen molar-refractivity contribution in [3.63, 3.8) is 0 Å². The van der Waals surface area contributed by atoms with Crippen LogP contribution in [0.15, 0.2) is 4.99 Å². The van der Waals surface area contributed by atoms with Crippen molar-refractivity contribution >= 4 is 5.84 Å². The Hall–Kier alpha value is -0.530. The summed E-state index contributed by atoms with van der Waals surface area (Å²) < 4.78 is 0. The zero-order valence-corrected chi connectivity index (χ0v) is 9.97. The predicted molar refractivity (Wildman–Crippen MR) is 65.3 cm³/mol. The summed E-state index contributed by atoms with van der Waals surface area (Å²) >= 11 is 0. The first-order valence-electron chi connectivity index (χ1n) is 6.63. The number of rotatable bonds is 2. The number of aliphatic imine (C=N–C) groups is 1. The second-order valence-electron chi connectivity index (χ2n) is 5.19. The molecule has 2 heteroatoms. The van der Waals surface area contributed by atoms with Gasteiger partial charge in [0.15, 0.2) is 0 Å². The highest BCUT2D eigenvalue weighted by atomic mass is 15.0. The molecule has 1 aliphatic carbocycles. The standard InChI is InChI=1S/C13H24N2/c1-11-6-5-7-12(11)10-15-13-8-3-2-4-9-14-13/h11-12H,2-10H2,1H3,(H,14,15). The quantitative estimate of drug-likeness (QED) is 0.741. The van der Waals surface area contributed by atoms with E-state index in [0.29, 0.717) is 0 Å². The van der Waals surface area contributed by atoms with Crippen molar-refractivity contribution < 1.29 is 0 Å². The first-order chi connectivity index (χ1) is 7.36. The van der Waals surface area contributed by atoms with Crippen LogP contribution in [-0.2, 0) is 0 Å². The van der Waals surface area contributed by atoms with Crippen molar-refractivity contribution in [2.75, 3.05) is 13.1 Å². The van der Waals surface area contributed by atoms with Gasteiger partial charge in [-0.05, 0) is 31.1 Å². The Morgan fingerprint density at radius 2 is 2.13 bits per heavy atom. The van der Waals surface area contributed by atoms with Gasteiger partial charge in [-0.2, -0.15) is 0 Å². The third-order valence-electron chi connectivity index (χ3n) is 3.98. The summed E-state index contributed by atoms with van der Waals surface area (Å²) in [5, 5.41) is 3.58. The maximum absolute atomic E-state index is 4.61. The van der Waals surface area contributed by atoms with Gasteiger partial charge in [0.2, 0.25) is 0 Å². The Labute approximate surface area is 93.6 Å². The van der Waals surface area contributed by atoms with Gasteiger partial charge in [0.25, 0.3) is 0 Å². The molecular weight excluding hydrogens is 184 g/mol. The van der Waals surface area contributed by atoms with Crippen LogP contribution in [-0.4, -0.2) is 18.9 Å². The van der Waals surface area contributed by atoms with Crippen LogP contribution < -0.4 is 5.32 Å². The first kappa shape index (κ1) is 11.0. The molecule has 15 heavy (non-hydrogen) atoms. The molecule has 1 N–H and O–H groups in total. The summed E-state index contributed by atoms with van der Waals surface area (Å²) in [6.45, 7) is 4.61. The number of hydrogen-bond donors (Lipinski definition) is 1. The third kappa shape index (κ3) is 3.22. The summed E-state index contributed by atoms with van der Waals surface area (Å²) in [5.74, 6) is 3.10. The van der Waals surface area contributed by atoms with Crippen molar-refractivity contribution in [1.29, 1.82) is 0 Å². The summed E-state index contributed by atoms with van der Waals surface area (Å²) in [6.07, 6.45) is 9.42. The Morgan fingerprint density at radius 3 is 2.93 bits per heavy atom. The highest BCUT2D eigenvalue weighted by Crippen LogP contribution is 2.30. The molecule has 2 rings (SSSR count). The van der Waals surface area contributed by atoms with Gasteiger partial charge >= 0.3 is 0 Å². The van der Waals surface area contributed by atoms with Crippen LogP contribution in [0.2, 0.25) is 0 Å². The summed E-state index contributed by atoms with van der Waals surface area (Å²) in [6, 6.07) is 0. The molecule has 1 heterocycles. The summed E-state index contributed by atoms with van der Waals surface area (Å²) in [4.78, 5) is 4.61. The molecule has 2 unspecified atom stereocenters. The minimum Gasteiger partial charge on any atom is -0.374 e. The molecule has 1 saturated carbocycles. The van der Waals surface area contributed by atoms with E-state index in [1.54, 1.807) is 0 Å². The Bertz CT molecular complexity index is 223. The van der Waals surface area contributed by atoms with Crippen molar-refractivity contribution in [2.45, 2.75) is 51.9 Å². The molecule has 0 aromatic rings. The van der Waals surface area contributed by atoms with E-state index in [9.17, 15) is 0 Å². The molecule has 0 saturated heterocycles. The summed E-state index contributed by atoms with van der Waals surface area (Å²) in [7, 11) is 0. The minimum atomic E-state index is 0.899. The maximum atomic E-state index is 4.61. The second-order valence-corrected chi connectivity index (χ2v) is 5.19. The predicted octanol–water partition coefficient (Wildman–Crippen LogP) is 2.98. The fraction of sp³-hybridized carbons (Fsp3) is 0.923. The van der Waals surface area contributed by atoms with E-state index in [0.717, 1.165) is 18.4 Å². The van der Waals surface area contributed by atoms with E-state index < -0.39 is 0 Å².